The van der Waals surface area contributed by atoms with E-state index in [0.717, 1.165) is 0 Å². The predicted molar refractivity (Wildman–Crippen MR) is 79.4 cm³/mol. The maximum atomic E-state index is 12.3. The van der Waals surface area contributed by atoms with Gasteiger partial charge >= 0.3 is 5.97 Å². The molecular weight excluding hydrogens is 301 g/mol. The van der Waals surface area contributed by atoms with Crippen LogP contribution in [0.2, 0.25) is 10.0 Å². The summed E-state index contributed by atoms with van der Waals surface area (Å²) in [5.74, 6) is -1.46. The van der Waals surface area contributed by atoms with Gasteiger partial charge in [0.15, 0.2) is 0 Å². The number of carboxylic acid groups (broad SMARTS) is 1. The van der Waals surface area contributed by atoms with Crippen LogP contribution in [0.3, 0.4) is 0 Å². The van der Waals surface area contributed by atoms with Gasteiger partial charge in [0.1, 0.15) is 0 Å². The van der Waals surface area contributed by atoms with E-state index >= 15 is 0 Å². The lowest BCUT2D eigenvalue weighted by Gasteiger charge is -2.33. The van der Waals surface area contributed by atoms with Gasteiger partial charge < -0.3 is 10.4 Å². The van der Waals surface area contributed by atoms with E-state index in [1.54, 1.807) is 25.1 Å². The minimum atomic E-state index is -0.973. The molecule has 0 saturated heterocycles. The predicted octanol–water partition coefficient (Wildman–Crippen LogP) is 3.61. The SMILES string of the molecule is CC(C)C(C)(CC(=O)O)NC(=O)c1cccc(Cl)c1Cl. The van der Waals surface area contributed by atoms with Crippen LogP contribution < -0.4 is 5.32 Å². The Hall–Kier alpha value is -1.26. The topological polar surface area (TPSA) is 66.4 Å². The van der Waals surface area contributed by atoms with Crippen LogP contribution in [0.15, 0.2) is 18.2 Å². The Morgan fingerprint density at radius 2 is 1.95 bits per heavy atom. The van der Waals surface area contributed by atoms with Gasteiger partial charge in [0, 0.05) is 0 Å². The van der Waals surface area contributed by atoms with Gasteiger partial charge in [0.05, 0.1) is 27.6 Å². The lowest BCUT2D eigenvalue weighted by Crippen LogP contribution is -2.51. The highest BCUT2D eigenvalue weighted by Gasteiger charge is 2.33. The van der Waals surface area contributed by atoms with Crippen LogP contribution in [0.4, 0.5) is 0 Å². The lowest BCUT2D eigenvalue weighted by atomic mass is 9.85. The third-order valence-corrected chi connectivity index (χ3v) is 4.21. The van der Waals surface area contributed by atoms with E-state index in [2.05, 4.69) is 5.32 Å². The Morgan fingerprint density at radius 3 is 2.45 bits per heavy atom. The molecule has 0 fully saturated rings. The summed E-state index contributed by atoms with van der Waals surface area (Å²) in [6, 6.07) is 4.75. The summed E-state index contributed by atoms with van der Waals surface area (Å²) >= 11 is 11.9. The first-order chi connectivity index (χ1) is 9.17. The standard InChI is InChI=1S/C14H17Cl2NO3/c1-8(2)14(3,7-11(18)19)17-13(20)9-5-4-6-10(15)12(9)16/h4-6,8H,7H2,1-3H3,(H,17,20)(H,18,19). The summed E-state index contributed by atoms with van der Waals surface area (Å²) in [6.07, 6.45) is -0.172. The zero-order chi connectivity index (χ0) is 15.5. The van der Waals surface area contributed by atoms with E-state index in [1.807, 2.05) is 13.8 Å². The molecule has 0 aliphatic heterocycles. The van der Waals surface area contributed by atoms with Crippen molar-refractivity contribution in [2.45, 2.75) is 32.7 Å². The summed E-state index contributed by atoms with van der Waals surface area (Å²) in [7, 11) is 0. The molecule has 0 spiro atoms. The van der Waals surface area contributed by atoms with Crippen LogP contribution in [-0.2, 0) is 4.79 Å². The van der Waals surface area contributed by atoms with Crippen LogP contribution in [-0.4, -0.2) is 22.5 Å². The average molecular weight is 318 g/mol. The van der Waals surface area contributed by atoms with Crippen molar-refractivity contribution in [3.63, 3.8) is 0 Å². The number of amides is 1. The number of carbonyl (C=O) groups is 2. The van der Waals surface area contributed by atoms with Gasteiger partial charge in [-0.1, -0.05) is 43.1 Å². The highest BCUT2D eigenvalue weighted by atomic mass is 35.5. The number of rotatable bonds is 5. The van der Waals surface area contributed by atoms with Crippen molar-refractivity contribution in [3.8, 4) is 0 Å². The molecule has 0 heterocycles. The van der Waals surface area contributed by atoms with Crippen molar-refractivity contribution in [2.24, 2.45) is 5.92 Å². The Kier molecular flexibility index (Phi) is 5.42. The molecule has 1 atom stereocenters. The Bertz CT molecular complexity index is 531. The molecule has 0 aliphatic rings. The van der Waals surface area contributed by atoms with Crippen molar-refractivity contribution in [1.82, 2.24) is 5.32 Å². The molecule has 0 bridgehead atoms. The Morgan fingerprint density at radius 1 is 1.35 bits per heavy atom. The van der Waals surface area contributed by atoms with Crippen molar-refractivity contribution in [3.05, 3.63) is 33.8 Å². The van der Waals surface area contributed by atoms with Gasteiger partial charge in [-0.25, -0.2) is 0 Å². The number of carbonyl (C=O) groups excluding carboxylic acids is 1. The molecule has 1 unspecified atom stereocenters. The van der Waals surface area contributed by atoms with E-state index < -0.39 is 17.4 Å². The van der Waals surface area contributed by atoms with E-state index in [0.29, 0.717) is 0 Å². The summed E-state index contributed by atoms with van der Waals surface area (Å²) in [5, 5.41) is 12.2. The Balaban J connectivity index is 3.03. The van der Waals surface area contributed by atoms with Gasteiger partial charge in [-0.3, -0.25) is 9.59 Å². The summed E-state index contributed by atoms with van der Waals surface area (Å²) in [4.78, 5) is 23.2. The van der Waals surface area contributed by atoms with Crippen LogP contribution in [0.1, 0.15) is 37.6 Å². The molecule has 1 aromatic rings. The molecule has 0 saturated carbocycles. The fraction of sp³-hybridized carbons (Fsp3) is 0.429. The van der Waals surface area contributed by atoms with Crippen molar-refractivity contribution < 1.29 is 14.7 Å². The van der Waals surface area contributed by atoms with Gasteiger partial charge in [0.2, 0.25) is 0 Å². The van der Waals surface area contributed by atoms with Crippen molar-refractivity contribution in [2.75, 3.05) is 0 Å². The normalized spacial score (nSPS) is 13.9. The van der Waals surface area contributed by atoms with Gasteiger partial charge in [-0.15, -0.1) is 0 Å². The molecule has 1 amide bonds. The van der Waals surface area contributed by atoms with E-state index in [9.17, 15) is 9.59 Å². The average Bonchev–Trinajstić information content (AvgIpc) is 2.31. The molecule has 0 aromatic heterocycles. The highest BCUT2D eigenvalue weighted by Crippen LogP contribution is 2.27. The molecule has 1 aromatic carbocycles. The maximum Gasteiger partial charge on any atom is 0.305 e. The molecule has 0 aliphatic carbocycles. The van der Waals surface area contributed by atoms with Crippen molar-refractivity contribution >= 4 is 35.1 Å². The number of carboxylic acids is 1. The van der Waals surface area contributed by atoms with Crippen LogP contribution in [0.25, 0.3) is 0 Å². The summed E-state index contributed by atoms with van der Waals surface area (Å²) in [6.45, 7) is 5.40. The third kappa shape index (κ3) is 3.87. The van der Waals surface area contributed by atoms with E-state index in [1.165, 1.54) is 0 Å². The van der Waals surface area contributed by atoms with Gasteiger partial charge in [-0.2, -0.15) is 0 Å². The van der Waals surface area contributed by atoms with Gasteiger partial charge in [-0.05, 0) is 25.0 Å². The second-order valence-corrected chi connectivity index (χ2v) is 5.98. The fourth-order valence-electron chi connectivity index (χ4n) is 1.71. The van der Waals surface area contributed by atoms with Crippen LogP contribution in [0.5, 0.6) is 0 Å². The Labute approximate surface area is 128 Å². The van der Waals surface area contributed by atoms with E-state index in [4.69, 9.17) is 28.3 Å². The minimum Gasteiger partial charge on any atom is -0.481 e. The second kappa shape index (κ2) is 6.46. The first kappa shape index (κ1) is 16.8. The van der Waals surface area contributed by atoms with Crippen LogP contribution >= 0.6 is 23.2 Å². The first-order valence-corrected chi connectivity index (χ1v) is 6.91. The number of aliphatic carboxylic acids is 1. The number of hydrogen-bond acceptors (Lipinski definition) is 2. The van der Waals surface area contributed by atoms with E-state index in [-0.39, 0.29) is 27.9 Å². The van der Waals surface area contributed by atoms with Crippen LogP contribution in [0, 0.1) is 5.92 Å². The fourth-order valence-corrected chi connectivity index (χ4v) is 2.10. The summed E-state index contributed by atoms with van der Waals surface area (Å²) < 4.78 is 0. The number of benzene rings is 1. The maximum absolute atomic E-state index is 12.3. The summed E-state index contributed by atoms with van der Waals surface area (Å²) in [5.41, 5.74) is -0.634. The molecule has 6 heteroatoms. The third-order valence-electron chi connectivity index (χ3n) is 3.39. The monoisotopic (exact) mass is 317 g/mol. The zero-order valence-corrected chi connectivity index (χ0v) is 13.0. The largest absolute Gasteiger partial charge is 0.481 e. The zero-order valence-electron chi connectivity index (χ0n) is 11.5. The highest BCUT2D eigenvalue weighted by molar-refractivity contribution is 6.43. The first-order valence-electron chi connectivity index (χ1n) is 6.15. The molecule has 110 valence electrons. The quantitative estimate of drug-likeness (QED) is 0.871. The van der Waals surface area contributed by atoms with Crippen molar-refractivity contribution in [1.29, 1.82) is 0 Å². The molecule has 1 rings (SSSR count). The number of nitrogens with one attached hydrogen (secondary N) is 1. The smallest absolute Gasteiger partial charge is 0.305 e. The minimum absolute atomic E-state index is 0.0551. The molecule has 0 radical (unpaired) electrons. The molecule has 20 heavy (non-hydrogen) atoms. The molecule has 4 nitrogen and oxygen atoms in total. The molecular formula is C14H17Cl2NO3. The van der Waals surface area contributed by atoms with Gasteiger partial charge in [0.25, 0.3) is 5.91 Å². The second-order valence-electron chi connectivity index (χ2n) is 5.20. The number of hydrogen-bond donors (Lipinski definition) is 2. The number of halogens is 2. The lowest BCUT2D eigenvalue weighted by molar-refractivity contribution is -0.138. The molecule has 2 N–H and O–H groups in total.